The molecule has 0 spiro atoms. The summed E-state index contributed by atoms with van der Waals surface area (Å²) in [7, 11) is 0. The largest absolute Gasteiger partial charge is 0.328 e. The van der Waals surface area contributed by atoms with Crippen LogP contribution in [0.25, 0.3) is 0 Å². The maximum atomic E-state index is 6.09. The third kappa shape index (κ3) is 2.22. The Kier molecular flexibility index (Phi) is 2.89. The fraction of sp³-hybridized carbons (Fsp3) is 0.643. The monoisotopic (exact) mass is 231 g/mol. The molecule has 2 unspecified atom stereocenters. The first-order valence-electron chi connectivity index (χ1n) is 6.65. The van der Waals surface area contributed by atoms with E-state index in [4.69, 9.17) is 5.73 Å². The second-order valence-corrected chi connectivity index (χ2v) is 5.60. The van der Waals surface area contributed by atoms with Crippen LogP contribution in [0.15, 0.2) is 18.3 Å². The van der Waals surface area contributed by atoms with Crippen molar-refractivity contribution < 1.29 is 0 Å². The lowest BCUT2D eigenvalue weighted by Gasteiger charge is -2.37. The summed E-state index contributed by atoms with van der Waals surface area (Å²) in [4.78, 5) is 7.03. The van der Waals surface area contributed by atoms with Gasteiger partial charge in [0.15, 0.2) is 0 Å². The van der Waals surface area contributed by atoms with Gasteiger partial charge in [0.1, 0.15) is 0 Å². The molecule has 2 N–H and O–H groups in total. The molecular weight excluding hydrogens is 210 g/mol. The van der Waals surface area contributed by atoms with E-state index in [1.807, 2.05) is 13.1 Å². The van der Waals surface area contributed by atoms with Gasteiger partial charge in [0.2, 0.25) is 0 Å². The van der Waals surface area contributed by atoms with E-state index < -0.39 is 0 Å². The fourth-order valence-corrected chi connectivity index (χ4v) is 3.38. The topological polar surface area (TPSA) is 42.1 Å². The Morgan fingerprint density at radius 1 is 1.29 bits per heavy atom. The summed E-state index contributed by atoms with van der Waals surface area (Å²) in [5, 5.41) is 0. The number of hydrogen-bond donors (Lipinski definition) is 1. The minimum absolute atomic E-state index is 0.430. The first-order chi connectivity index (χ1) is 8.22. The molecule has 2 aliphatic rings. The molecule has 2 saturated heterocycles. The summed E-state index contributed by atoms with van der Waals surface area (Å²) < 4.78 is 0. The van der Waals surface area contributed by atoms with Crippen molar-refractivity contribution in [1.29, 1.82) is 0 Å². The van der Waals surface area contributed by atoms with Crippen molar-refractivity contribution in [3.63, 3.8) is 0 Å². The quantitative estimate of drug-likeness (QED) is 0.844. The van der Waals surface area contributed by atoms with Crippen molar-refractivity contribution in [2.45, 2.75) is 57.3 Å². The third-order valence-corrected chi connectivity index (χ3v) is 4.26. The maximum absolute atomic E-state index is 6.09. The standard InChI is InChI=1S/C14H21N3/c1-10-2-3-11(8-16-10)9-17-13-4-5-14(17)7-12(15)6-13/h2-3,8,12-14H,4-7,9,15H2,1H3. The summed E-state index contributed by atoms with van der Waals surface area (Å²) >= 11 is 0. The normalized spacial score (nSPS) is 32.9. The van der Waals surface area contributed by atoms with Crippen molar-refractivity contribution in [2.75, 3.05) is 0 Å². The van der Waals surface area contributed by atoms with Gasteiger partial charge in [-0.1, -0.05) is 6.07 Å². The van der Waals surface area contributed by atoms with E-state index in [0.29, 0.717) is 18.1 Å². The molecule has 2 fully saturated rings. The molecule has 0 amide bonds. The number of nitrogens with zero attached hydrogens (tertiary/aromatic N) is 2. The van der Waals surface area contributed by atoms with Crippen LogP contribution in [0.2, 0.25) is 0 Å². The zero-order valence-corrected chi connectivity index (χ0v) is 10.5. The van der Waals surface area contributed by atoms with Gasteiger partial charge in [-0.15, -0.1) is 0 Å². The molecule has 3 nitrogen and oxygen atoms in total. The van der Waals surface area contributed by atoms with Crippen LogP contribution in [0.3, 0.4) is 0 Å². The lowest BCUT2D eigenvalue weighted by atomic mass is 9.97. The van der Waals surface area contributed by atoms with E-state index in [1.54, 1.807) is 0 Å². The second-order valence-electron chi connectivity index (χ2n) is 5.60. The summed E-state index contributed by atoms with van der Waals surface area (Å²) in [6, 6.07) is 6.17. The van der Waals surface area contributed by atoms with Crippen LogP contribution < -0.4 is 5.73 Å². The van der Waals surface area contributed by atoms with E-state index >= 15 is 0 Å². The van der Waals surface area contributed by atoms with Gasteiger partial charge in [-0.2, -0.15) is 0 Å². The molecule has 17 heavy (non-hydrogen) atoms. The smallest absolute Gasteiger partial charge is 0.0372 e. The van der Waals surface area contributed by atoms with Gasteiger partial charge in [0, 0.05) is 36.6 Å². The second kappa shape index (κ2) is 4.39. The highest BCUT2D eigenvalue weighted by Crippen LogP contribution is 2.35. The fourth-order valence-electron chi connectivity index (χ4n) is 3.38. The van der Waals surface area contributed by atoms with E-state index in [1.165, 1.54) is 31.2 Å². The lowest BCUT2D eigenvalue weighted by molar-refractivity contribution is 0.120. The Morgan fingerprint density at radius 2 is 2.00 bits per heavy atom. The van der Waals surface area contributed by atoms with Crippen LogP contribution >= 0.6 is 0 Å². The summed E-state index contributed by atoms with van der Waals surface area (Å²) in [6.07, 6.45) is 7.03. The Balaban J connectivity index is 1.72. The minimum Gasteiger partial charge on any atom is -0.328 e. The van der Waals surface area contributed by atoms with E-state index in [0.717, 1.165) is 12.2 Å². The van der Waals surface area contributed by atoms with Crippen LogP contribution in [-0.2, 0) is 6.54 Å². The van der Waals surface area contributed by atoms with Crippen molar-refractivity contribution >= 4 is 0 Å². The lowest BCUT2D eigenvalue weighted by Crippen LogP contribution is -2.46. The SMILES string of the molecule is Cc1ccc(CN2C3CCC2CC(N)C3)cn1. The first-order valence-corrected chi connectivity index (χ1v) is 6.65. The highest BCUT2D eigenvalue weighted by molar-refractivity contribution is 5.14. The predicted octanol–water partition coefficient (Wildman–Crippen LogP) is 1.84. The molecule has 1 aromatic heterocycles. The number of hydrogen-bond acceptors (Lipinski definition) is 3. The Morgan fingerprint density at radius 3 is 2.59 bits per heavy atom. The van der Waals surface area contributed by atoms with Gasteiger partial charge in [-0.25, -0.2) is 0 Å². The van der Waals surface area contributed by atoms with E-state index in [-0.39, 0.29) is 0 Å². The molecule has 3 rings (SSSR count). The zero-order chi connectivity index (χ0) is 11.8. The van der Waals surface area contributed by atoms with Crippen LogP contribution in [0.1, 0.15) is 36.9 Å². The molecule has 0 aromatic carbocycles. The molecule has 3 heteroatoms. The Labute approximate surface area is 103 Å². The van der Waals surface area contributed by atoms with Gasteiger partial charge < -0.3 is 5.73 Å². The van der Waals surface area contributed by atoms with E-state index in [2.05, 4.69) is 22.0 Å². The van der Waals surface area contributed by atoms with Crippen molar-refractivity contribution in [3.05, 3.63) is 29.6 Å². The highest BCUT2D eigenvalue weighted by atomic mass is 15.2. The highest BCUT2D eigenvalue weighted by Gasteiger charge is 2.39. The van der Waals surface area contributed by atoms with Crippen LogP contribution in [0.5, 0.6) is 0 Å². The van der Waals surface area contributed by atoms with Gasteiger partial charge in [0.25, 0.3) is 0 Å². The number of aromatic nitrogens is 1. The van der Waals surface area contributed by atoms with Gasteiger partial charge in [-0.05, 0) is 44.2 Å². The number of fused-ring (bicyclic) bond motifs is 2. The molecule has 2 bridgehead atoms. The van der Waals surface area contributed by atoms with Crippen LogP contribution in [0.4, 0.5) is 0 Å². The number of rotatable bonds is 2. The first kappa shape index (κ1) is 11.2. The minimum atomic E-state index is 0.430. The summed E-state index contributed by atoms with van der Waals surface area (Å²) in [6.45, 7) is 3.09. The average molecular weight is 231 g/mol. The zero-order valence-electron chi connectivity index (χ0n) is 10.5. The van der Waals surface area contributed by atoms with Crippen molar-refractivity contribution in [2.24, 2.45) is 5.73 Å². The number of pyridine rings is 1. The van der Waals surface area contributed by atoms with Gasteiger partial charge in [-0.3, -0.25) is 9.88 Å². The van der Waals surface area contributed by atoms with Gasteiger partial charge >= 0.3 is 0 Å². The molecule has 2 atom stereocenters. The predicted molar refractivity (Wildman–Crippen MR) is 68.5 cm³/mol. The van der Waals surface area contributed by atoms with Crippen LogP contribution in [0, 0.1) is 6.92 Å². The molecule has 2 aliphatic heterocycles. The Hall–Kier alpha value is -0.930. The molecule has 0 saturated carbocycles. The average Bonchev–Trinajstić information content (AvgIpc) is 2.56. The van der Waals surface area contributed by atoms with Crippen LogP contribution in [-0.4, -0.2) is 28.0 Å². The summed E-state index contributed by atoms with van der Waals surface area (Å²) in [5.74, 6) is 0. The molecule has 1 aromatic rings. The molecule has 0 radical (unpaired) electrons. The summed E-state index contributed by atoms with van der Waals surface area (Å²) in [5.41, 5.74) is 8.52. The number of nitrogens with two attached hydrogens (primary N) is 1. The molecule has 3 heterocycles. The molecular formula is C14H21N3. The third-order valence-electron chi connectivity index (χ3n) is 4.26. The Bertz CT molecular complexity index is 373. The number of aryl methyl sites for hydroxylation is 1. The van der Waals surface area contributed by atoms with Crippen molar-refractivity contribution in [3.8, 4) is 0 Å². The molecule has 92 valence electrons. The van der Waals surface area contributed by atoms with Crippen molar-refractivity contribution in [1.82, 2.24) is 9.88 Å². The van der Waals surface area contributed by atoms with Gasteiger partial charge in [0.05, 0.1) is 0 Å². The maximum Gasteiger partial charge on any atom is 0.0372 e. The van der Waals surface area contributed by atoms with E-state index in [9.17, 15) is 0 Å². The molecule has 0 aliphatic carbocycles. The number of piperidine rings is 1.